The molecule has 0 spiro atoms. The highest BCUT2D eigenvalue weighted by Gasteiger charge is 2.65. The van der Waals surface area contributed by atoms with Crippen molar-refractivity contribution in [1.29, 1.82) is 0 Å². The van der Waals surface area contributed by atoms with Gasteiger partial charge in [-0.15, -0.1) is 0 Å². The van der Waals surface area contributed by atoms with Crippen LogP contribution in [0.1, 0.15) is 58.8 Å². The number of aliphatic hydroxyl groups is 1. The van der Waals surface area contributed by atoms with Gasteiger partial charge < -0.3 is 10.8 Å². The van der Waals surface area contributed by atoms with E-state index in [0.29, 0.717) is 5.92 Å². The van der Waals surface area contributed by atoms with Crippen molar-refractivity contribution in [1.82, 2.24) is 4.72 Å². The second-order valence-electron chi connectivity index (χ2n) is 8.30. The Morgan fingerprint density at radius 3 is 2.45 bits per heavy atom. The normalized spacial score (nSPS) is 44.4. The van der Waals surface area contributed by atoms with Crippen LogP contribution in [0, 0.1) is 16.7 Å². The molecule has 0 saturated heterocycles. The molecule has 3 aliphatic rings. The van der Waals surface area contributed by atoms with E-state index in [1.165, 1.54) is 0 Å². The summed E-state index contributed by atoms with van der Waals surface area (Å²) in [4.78, 5) is 0. The molecule has 0 aliphatic heterocycles. The molecule has 5 nitrogen and oxygen atoms in total. The first-order valence-electron chi connectivity index (χ1n) is 8.62. The van der Waals surface area contributed by atoms with Gasteiger partial charge in [0.25, 0.3) is 0 Å². The molecule has 22 heavy (non-hydrogen) atoms. The van der Waals surface area contributed by atoms with Crippen LogP contribution in [0.25, 0.3) is 0 Å². The fourth-order valence-corrected chi connectivity index (χ4v) is 7.52. The topological polar surface area (TPSA) is 92.4 Å². The second-order valence-corrected chi connectivity index (χ2v) is 10.1. The summed E-state index contributed by atoms with van der Waals surface area (Å²) < 4.78 is 28.3. The lowest BCUT2D eigenvalue weighted by Gasteiger charge is -2.41. The fourth-order valence-electron chi connectivity index (χ4n) is 5.30. The highest BCUT2D eigenvalue weighted by molar-refractivity contribution is 7.89. The van der Waals surface area contributed by atoms with E-state index in [2.05, 4.69) is 18.6 Å². The van der Waals surface area contributed by atoms with Crippen LogP contribution in [-0.4, -0.2) is 37.5 Å². The van der Waals surface area contributed by atoms with Crippen LogP contribution in [0.5, 0.6) is 0 Å². The summed E-state index contributed by atoms with van der Waals surface area (Å²) in [5.41, 5.74) is 5.46. The molecular weight excluding hydrogens is 300 g/mol. The summed E-state index contributed by atoms with van der Waals surface area (Å²) in [6.07, 6.45) is 5.89. The summed E-state index contributed by atoms with van der Waals surface area (Å²) in [7, 11) is -3.44. The van der Waals surface area contributed by atoms with E-state index in [-0.39, 0.29) is 23.3 Å². The van der Waals surface area contributed by atoms with Crippen molar-refractivity contribution in [3.05, 3.63) is 0 Å². The van der Waals surface area contributed by atoms with E-state index in [0.717, 1.165) is 44.9 Å². The zero-order chi connectivity index (χ0) is 16.2. The molecule has 5 atom stereocenters. The van der Waals surface area contributed by atoms with Gasteiger partial charge in [0, 0.05) is 17.5 Å². The number of nitrogens with two attached hydrogens (primary N) is 1. The Morgan fingerprint density at radius 2 is 1.91 bits per heavy atom. The summed E-state index contributed by atoms with van der Waals surface area (Å²) in [6.45, 7) is 4.26. The molecule has 128 valence electrons. The lowest BCUT2D eigenvalue weighted by Crippen LogP contribution is -2.53. The van der Waals surface area contributed by atoms with Crippen LogP contribution < -0.4 is 10.5 Å². The third-order valence-electron chi connectivity index (χ3n) is 6.99. The van der Waals surface area contributed by atoms with Gasteiger partial charge in [0.2, 0.25) is 10.0 Å². The van der Waals surface area contributed by atoms with Gasteiger partial charge in [-0.2, -0.15) is 0 Å². The van der Waals surface area contributed by atoms with Gasteiger partial charge in [-0.25, -0.2) is 13.1 Å². The number of hydrogen-bond acceptors (Lipinski definition) is 4. The molecular formula is C16H30N2O3S. The zero-order valence-electron chi connectivity index (χ0n) is 13.7. The number of nitrogens with one attached hydrogen (secondary N) is 1. The highest BCUT2D eigenvalue weighted by atomic mass is 32.2. The van der Waals surface area contributed by atoms with E-state index >= 15 is 0 Å². The minimum atomic E-state index is -3.44. The van der Waals surface area contributed by atoms with Crippen molar-refractivity contribution in [3.8, 4) is 0 Å². The van der Waals surface area contributed by atoms with Crippen molar-refractivity contribution in [2.75, 3.05) is 5.75 Å². The fraction of sp³-hybridized carbons (Fsp3) is 1.00. The lowest BCUT2D eigenvalue weighted by atomic mass is 9.70. The van der Waals surface area contributed by atoms with Crippen LogP contribution in [0.2, 0.25) is 0 Å². The first-order chi connectivity index (χ1) is 10.2. The quantitative estimate of drug-likeness (QED) is 0.726. The Labute approximate surface area is 134 Å². The molecule has 6 heteroatoms. The number of fused-ring (bicyclic) bond motifs is 2. The van der Waals surface area contributed by atoms with E-state index in [1.807, 2.05) is 0 Å². The zero-order valence-corrected chi connectivity index (χ0v) is 14.5. The Hall–Kier alpha value is -0.170. The second kappa shape index (κ2) is 5.43. The molecule has 3 fully saturated rings. The van der Waals surface area contributed by atoms with Crippen LogP contribution >= 0.6 is 0 Å². The van der Waals surface area contributed by atoms with Crippen molar-refractivity contribution >= 4 is 10.0 Å². The van der Waals surface area contributed by atoms with Crippen molar-refractivity contribution in [3.63, 3.8) is 0 Å². The van der Waals surface area contributed by atoms with Gasteiger partial charge in [0.15, 0.2) is 0 Å². The molecule has 0 aromatic carbocycles. The highest BCUT2D eigenvalue weighted by Crippen LogP contribution is 2.66. The van der Waals surface area contributed by atoms with Crippen LogP contribution in [0.15, 0.2) is 0 Å². The van der Waals surface area contributed by atoms with E-state index in [4.69, 9.17) is 5.73 Å². The van der Waals surface area contributed by atoms with Crippen molar-refractivity contribution in [2.45, 2.75) is 77.0 Å². The van der Waals surface area contributed by atoms with Crippen LogP contribution in [0.4, 0.5) is 0 Å². The first kappa shape index (κ1) is 16.7. The van der Waals surface area contributed by atoms with Crippen LogP contribution in [-0.2, 0) is 10.0 Å². The summed E-state index contributed by atoms with van der Waals surface area (Å²) in [6, 6.07) is -0.229. The van der Waals surface area contributed by atoms with Crippen LogP contribution in [0.3, 0.4) is 0 Å². The average Bonchev–Trinajstić information content (AvgIpc) is 2.74. The summed E-state index contributed by atoms with van der Waals surface area (Å²) in [5, 5.41) is 10.5. The maximum absolute atomic E-state index is 12.7. The Bertz CT molecular complexity index is 534. The third-order valence-corrected chi connectivity index (χ3v) is 8.54. The molecule has 0 radical (unpaired) electrons. The van der Waals surface area contributed by atoms with Gasteiger partial charge in [0.1, 0.15) is 0 Å². The van der Waals surface area contributed by atoms with E-state index in [1.54, 1.807) is 0 Å². The summed E-state index contributed by atoms with van der Waals surface area (Å²) >= 11 is 0. The van der Waals surface area contributed by atoms with E-state index < -0.39 is 21.5 Å². The van der Waals surface area contributed by atoms with Gasteiger partial charge in [0.05, 0.1) is 11.9 Å². The molecule has 4 N–H and O–H groups in total. The Kier molecular flexibility index (Phi) is 4.12. The molecule has 0 heterocycles. The van der Waals surface area contributed by atoms with Gasteiger partial charge in [-0.3, -0.25) is 0 Å². The molecule has 2 unspecified atom stereocenters. The Morgan fingerprint density at radius 1 is 1.23 bits per heavy atom. The number of aliphatic hydroxyl groups excluding tert-OH is 1. The summed E-state index contributed by atoms with van der Waals surface area (Å²) in [5.74, 6) is 0.475. The predicted octanol–water partition coefficient (Wildman–Crippen LogP) is 1.36. The predicted molar refractivity (Wildman–Crippen MR) is 86.7 cm³/mol. The number of hydrogen-bond donors (Lipinski definition) is 3. The lowest BCUT2D eigenvalue weighted by molar-refractivity contribution is 0.0151. The first-order valence-corrected chi connectivity index (χ1v) is 10.3. The van der Waals surface area contributed by atoms with Gasteiger partial charge >= 0.3 is 0 Å². The van der Waals surface area contributed by atoms with Gasteiger partial charge in [-0.1, -0.05) is 26.7 Å². The molecule has 0 aromatic heterocycles. The molecule has 2 bridgehead atoms. The molecule has 0 amide bonds. The third kappa shape index (κ3) is 2.52. The van der Waals surface area contributed by atoms with E-state index in [9.17, 15) is 13.5 Å². The average molecular weight is 330 g/mol. The maximum Gasteiger partial charge on any atom is 0.212 e. The van der Waals surface area contributed by atoms with Crippen molar-refractivity contribution < 1.29 is 13.5 Å². The van der Waals surface area contributed by atoms with Crippen molar-refractivity contribution in [2.24, 2.45) is 22.5 Å². The largest absolute Gasteiger partial charge is 0.392 e. The van der Waals surface area contributed by atoms with Gasteiger partial charge in [-0.05, 0) is 43.4 Å². The Balaban J connectivity index is 1.76. The number of sulfonamides is 1. The molecule has 3 rings (SSSR count). The molecule has 3 aliphatic carbocycles. The standard InChI is InChI=1S/C16H30N2O3S/c1-15(2)11-7-8-16(15,14(19)9-11)10-22(20,21)18-13-6-4-3-5-12(13)17/h11-14,18-19H,3-10,17H2,1-2H3/t11?,12-,13-,14?,16-/m0/s1. The minimum Gasteiger partial charge on any atom is -0.392 e. The minimum absolute atomic E-state index is 0.0356. The monoisotopic (exact) mass is 330 g/mol. The SMILES string of the molecule is CC1(C)C2CC[C@]1(CS(=O)(=O)N[C@H]1CCCC[C@@H]1N)C(O)C2. The maximum atomic E-state index is 12.7. The molecule has 0 aromatic rings. The number of rotatable bonds is 4. The smallest absolute Gasteiger partial charge is 0.212 e. The molecule has 3 saturated carbocycles.